The Morgan fingerprint density at radius 1 is 1.15 bits per heavy atom. The van der Waals surface area contributed by atoms with Crippen LogP contribution in [0.4, 0.5) is 5.69 Å². The van der Waals surface area contributed by atoms with Crippen LogP contribution in [0.3, 0.4) is 0 Å². The summed E-state index contributed by atoms with van der Waals surface area (Å²) in [7, 11) is 0. The van der Waals surface area contributed by atoms with Gasteiger partial charge in [-0.25, -0.2) is 0 Å². The van der Waals surface area contributed by atoms with Gasteiger partial charge in [0.2, 0.25) is 0 Å². The first-order valence-corrected chi connectivity index (χ1v) is 8.98. The number of likely N-dealkylation sites (tertiary alicyclic amines) is 1. The van der Waals surface area contributed by atoms with Gasteiger partial charge in [-0.3, -0.25) is 9.59 Å². The van der Waals surface area contributed by atoms with Gasteiger partial charge in [0.1, 0.15) is 5.76 Å². The molecule has 0 spiro atoms. The molecule has 2 amide bonds. The normalized spacial score (nSPS) is 20.1. The van der Waals surface area contributed by atoms with Gasteiger partial charge in [0.25, 0.3) is 11.8 Å². The Balaban J connectivity index is 1.78. The minimum Gasteiger partial charge on any atom is -0.361 e. The van der Waals surface area contributed by atoms with Crippen molar-refractivity contribution in [3.63, 3.8) is 0 Å². The maximum atomic E-state index is 12.9. The molecule has 0 aliphatic carbocycles. The number of nitrogens with one attached hydrogen (secondary N) is 1. The smallest absolute Gasteiger partial charge is 0.277 e. The number of nitrogens with zero attached hydrogens (tertiary/aromatic N) is 2. The second-order valence-corrected chi connectivity index (χ2v) is 7.46. The summed E-state index contributed by atoms with van der Waals surface area (Å²) in [6, 6.07) is 6.99. The molecule has 138 valence electrons. The van der Waals surface area contributed by atoms with E-state index in [0.717, 1.165) is 25.1 Å². The summed E-state index contributed by atoms with van der Waals surface area (Å²) in [6.45, 7) is 9.53. The largest absolute Gasteiger partial charge is 0.361 e. The van der Waals surface area contributed by atoms with Crippen LogP contribution in [0.25, 0.3) is 0 Å². The minimum absolute atomic E-state index is 0.0104. The standard InChI is InChI=1S/C20H25N3O3/c1-12-7-13(2)11-23(10-12)20(25)16-6-5-14(3)17(9-16)21-19(24)18-8-15(4)26-22-18/h5-6,8-9,12-13H,7,10-11H2,1-4H3,(H,21,24). The number of hydrogen-bond donors (Lipinski definition) is 1. The van der Waals surface area contributed by atoms with Crippen molar-refractivity contribution in [3.05, 3.63) is 46.8 Å². The minimum atomic E-state index is -0.352. The first-order chi connectivity index (χ1) is 12.3. The van der Waals surface area contributed by atoms with Crippen molar-refractivity contribution in [3.8, 4) is 0 Å². The highest BCUT2D eigenvalue weighted by Crippen LogP contribution is 2.24. The first-order valence-electron chi connectivity index (χ1n) is 8.98. The van der Waals surface area contributed by atoms with Crippen LogP contribution in [0.1, 0.15) is 52.4 Å². The third-order valence-electron chi connectivity index (χ3n) is 4.75. The fraction of sp³-hybridized carbons (Fsp3) is 0.450. The number of amides is 2. The highest BCUT2D eigenvalue weighted by molar-refractivity contribution is 6.04. The summed E-state index contributed by atoms with van der Waals surface area (Å²) in [5.41, 5.74) is 2.30. The first kappa shape index (κ1) is 18.2. The van der Waals surface area contributed by atoms with Crippen molar-refractivity contribution >= 4 is 17.5 Å². The number of hydrogen-bond acceptors (Lipinski definition) is 4. The molecule has 1 aromatic heterocycles. The zero-order chi connectivity index (χ0) is 18.8. The van der Waals surface area contributed by atoms with Crippen LogP contribution in [0.5, 0.6) is 0 Å². The van der Waals surface area contributed by atoms with Crippen molar-refractivity contribution in [1.29, 1.82) is 0 Å². The van der Waals surface area contributed by atoms with Crippen LogP contribution in [-0.4, -0.2) is 35.0 Å². The molecule has 0 bridgehead atoms. The maximum absolute atomic E-state index is 12.9. The summed E-state index contributed by atoms with van der Waals surface area (Å²) in [5.74, 6) is 1.24. The molecule has 6 heteroatoms. The molecule has 2 heterocycles. The van der Waals surface area contributed by atoms with E-state index in [1.165, 1.54) is 0 Å². The van der Waals surface area contributed by atoms with Crippen LogP contribution in [-0.2, 0) is 0 Å². The molecule has 2 aromatic rings. The Hall–Kier alpha value is -2.63. The quantitative estimate of drug-likeness (QED) is 0.912. The molecule has 26 heavy (non-hydrogen) atoms. The number of anilines is 1. The van der Waals surface area contributed by atoms with Crippen molar-refractivity contribution < 1.29 is 14.1 Å². The van der Waals surface area contributed by atoms with Crippen LogP contribution in [0.15, 0.2) is 28.8 Å². The predicted octanol–water partition coefficient (Wildman–Crippen LogP) is 3.66. The molecule has 3 rings (SSSR count). The van der Waals surface area contributed by atoms with E-state index in [2.05, 4.69) is 24.3 Å². The molecule has 1 aliphatic rings. The molecule has 1 saturated heterocycles. The van der Waals surface area contributed by atoms with Gasteiger partial charge in [0, 0.05) is 30.4 Å². The second kappa shape index (κ2) is 7.32. The van der Waals surface area contributed by atoms with E-state index >= 15 is 0 Å². The van der Waals surface area contributed by atoms with E-state index in [0.29, 0.717) is 28.8 Å². The lowest BCUT2D eigenvalue weighted by Gasteiger charge is -2.35. The van der Waals surface area contributed by atoms with Gasteiger partial charge in [0.15, 0.2) is 5.69 Å². The summed E-state index contributed by atoms with van der Waals surface area (Å²) in [6.07, 6.45) is 1.15. The van der Waals surface area contributed by atoms with Crippen LogP contribution in [0.2, 0.25) is 0 Å². The van der Waals surface area contributed by atoms with Crippen molar-refractivity contribution in [2.24, 2.45) is 11.8 Å². The number of aromatic nitrogens is 1. The fourth-order valence-corrected chi connectivity index (χ4v) is 3.56. The maximum Gasteiger partial charge on any atom is 0.277 e. The van der Waals surface area contributed by atoms with Crippen LogP contribution in [0, 0.1) is 25.7 Å². The number of rotatable bonds is 3. The number of carbonyl (C=O) groups is 2. The van der Waals surface area contributed by atoms with E-state index in [-0.39, 0.29) is 17.5 Å². The Morgan fingerprint density at radius 3 is 2.46 bits per heavy atom. The highest BCUT2D eigenvalue weighted by Gasteiger charge is 2.26. The molecule has 6 nitrogen and oxygen atoms in total. The second-order valence-electron chi connectivity index (χ2n) is 7.46. The Bertz CT molecular complexity index is 817. The Kier molecular flexibility index (Phi) is 5.11. The molecular formula is C20H25N3O3. The van der Waals surface area contributed by atoms with Gasteiger partial charge >= 0.3 is 0 Å². The number of benzene rings is 1. The number of piperidine rings is 1. The molecule has 1 fully saturated rings. The molecule has 0 saturated carbocycles. The van der Waals surface area contributed by atoms with Gasteiger partial charge in [-0.05, 0) is 49.8 Å². The molecule has 1 N–H and O–H groups in total. The van der Waals surface area contributed by atoms with Crippen LogP contribution < -0.4 is 5.32 Å². The third-order valence-corrected chi connectivity index (χ3v) is 4.75. The molecular weight excluding hydrogens is 330 g/mol. The van der Waals surface area contributed by atoms with Gasteiger partial charge in [-0.15, -0.1) is 0 Å². The van der Waals surface area contributed by atoms with Gasteiger partial charge in [-0.2, -0.15) is 0 Å². The van der Waals surface area contributed by atoms with Crippen molar-refractivity contribution in [2.45, 2.75) is 34.1 Å². The molecule has 2 atom stereocenters. The third kappa shape index (κ3) is 3.95. The lowest BCUT2D eigenvalue weighted by molar-refractivity contribution is 0.0623. The monoisotopic (exact) mass is 355 g/mol. The van der Waals surface area contributed by atoms with E-state index in [4.69, 9.17) is 4.52 Å². The molecule has 1 aromatic carbocycles. The zero-order valence-electron chi connectivity index (χ0n) is 15.7. The molecule has 0 radical (unpaired) electrons. The summed E-state index contributed by atoms with van der Waals surface area (Å²) in [5, 5.41) is 6.55. The zero-order valence-corrected chi connectivity index (χ0v) is 15.7. The summed E-state index contributed by atoms with van der Waals surface area (Å²) in [4.78, 5) is 27.1. The topological polar surface area (TPSA) is 75.4 Å². The van der Waals surface area contributed by atoms with Gasteiger partial charge in [0.05, 0.1) is 0 Å². The lowest BCUT2D eigenvalue weighted by Crippen LogP contribution is -2.42. The number of aryl methyl sites for hydroxylation is 2. The van der Waals surface area contributed by atoms with Crippen LogP contribution >= 0.6 is 0 Å². The molecule has 2 unspecified atom stereocenters. The average molecular weight is 355 g/mol. The van der Waals surface area contributed by atoms with E-state index in [1.807, 2.05) is 24.0 Å². The van der Waals surface area contributed by atoms with E-state index in [9.17, 15) is 9.59 Å². The van der Waals surface area contributed by atoms with Gasteiger partial charge < -0.3 is 14.7 Å². The average Bonchev–Trinajstić information content (AvgIpc) is 3.02. The lowest BCUT2D eigenvalue weighted by atomic mass is 9.91. The Morgan fingerprint density at radius 2 is 1.85 bits per heavy atom. The summed E-state index contributed by atoms with van der Waals surface area (Å²) >= 11 is 0. The Labute approximate surface area is 153 Å². The van der Waals surface area contributed by atoms with E-state index in [1.54, 1.807) is 19.1 Å². The van der Waals surface area contributed by atoms with E-state index < -0.39 is 0 Å². The highest BCUT2D eigenvalue weighted by atomic mass is 16.5. The summed E-state index contributed by atoms with van der Waals surface area (Å²) < 4.78 is 4.94. The predicted molar refractivity (Wildman–Crippen MR) is 99.2 cm³/mol. The van der Waals surface area contributed by atoms with Crippen molar-refractivity contribution in [2.75, 3.05) is 18.4 Å². The SMILES string of the molecule is Cc1cc(C(=O)Nc2cc(C(=O)N3CC(C)CC(C)C3)ccc2C)no1. The fourth-order valence-electron chi connectivity index (χ4n) is 3.56. The number of carbonyl (C=O) groups excluding carboxylic acids is 2. The van der Waals surface area contributed by atoms with Crippen molar-refractivity contribution in [1.82, 2.24) is 10.1 Å². The van der Waals surface area contributed by atoms with Gasteiger partial charge in [-0.1, -0.05) is 25.1 Å². The molecule has 1 aliphatic heterocycles.